The molecule has 0 amide bonds. The smallest absolute Gasteiger partial charge is 0.0929 e. The molecule has 0 unspecified atom stereocenters. The lowest BCUT2D eigenvalue weighted by molar-refractivity contribution is 0.376. The van der Waals surface area contributed by atoms with Gasteiger partial charge >= 0.3 is 0 Å². The maximum Gasteiger partial charge on any atom is 0.0929 e. The number of para-hydroxylation sites is 1. The van der Waals surface area contributed by atoms with Crippen LogP contribution in [0.3, 0.4) is 0 Å². The van der Waals surface area contributed by atoms with Crippen LogP contribution >= 0.6 is 0 Å². The van der Waals surface area contributed by atoms with Gasteiger partial charge in [0.15, 0.2) is 0 Å². The van der Waals surface area contributed by atoms with E-state index in [-0.39, 0.29) is 0 Å². The molecule has 3 aromatic rings. The summed E-state index contributed by atoms with van der Waals surface area (Å²) in [5.41, 5.74) is 3.41. The summed E-state index contributed by atoms with van der Waals surface area (Å²) in [6.45, 7) is 1.88. The molecule has 0 saturated carbocycles. The molecule has 0 spiro atoms. The van der Waals surface area contributed by atoms with Gasteiger partial charge in [-0.2, -0.15) is 5.10 Å². The van der Waals surface area contributed by atoms with Crippen LogP contribution in [-0.4, -0.2) is 35.3 Å². The molecule has 22 heavy (non-hydrogen) atoms. The Labute approximate surface area is 131 Å². The Hall–Kier alpha value is -2.39. The minimum atomic E-state index is 0.896. The van der Waals surface area contributed by atoms with Crippen LogP contribution in [0.2, 0.25) is 0 Å². The van der Waals surface area contributed by atoms with Gasteiger partial charge in [-0.3, -0.25) is 4.68 Å². The molecular formula is C19H21N3. The summed E-state index contributed by atoms with van der Waals surface area (Å²) in [6.07, 6.45) is 4.22. The standard InChI is InChI=1S/C19H21N3/c1-21(2)14-15-22-19-11-7-6-10-17(19)18(20-22)13-12-16-8-4-3-5-9-16/h3-13H,14-15H2,1-2H3. The van der Waals surface area contributed by atoms with Crippen molar-refractivity contribution in [3.8, 4) is 0 Å². The van der Waals surface area contributed by atoms with Crippen molar-refractivity contribution in [2.75, 3.05) is 20.6 Å². The van der Waals surface area contributed by atoms with E-state index in [1.165, 1.54) is 16.5 Å². The molecule has 0 atom stereocenters. The van der Waals surface area contributed by atoms with Crippen LogP contribution in [0.4, 0.5) is 0 Å². The second-order valence-corrected chi connectivity index (χ2v) is 5.67. The second-order valence-electron chi connectivity index (χ2n) is 5.67. The number of aromatic nitrogens is 2. The summed E-state index contributed by atoms with van der Waals surface area (Å²) in [5.74, 6) is 0. The average Bonchev–Trinajstić information content (AvgIpc) is 2.90. The third-order valence-electron chi connectivity index (χ3n) is 3.68. The summed E-state index contributed by atoms with van der Waals surface area (Å²) in [7, 11) is 4.17. The first-order valence-electron chi connectivity index (χ1n) is 7.57. The predicted molar refractivity (Wildman–Crippen MR) is 93.7 cm³/mol. The molecule has 0 bridgehead atoms. The van der Waals surface area contributed by atoms with E-state index in [1.54, 1.807) is 0 Å². The Kier molecular flexibility index (Phi) is 4.35. The molecule has 0 fully saturated rings. The molecule has 1 aromatic heterocycles. The van der Waals surface area contributed by atoms with Gasteiger partial charge in [-0.25, -0.2) is 0 Å². The zero-order valence-electron chi connectivity index (χ0n) is 13.1. The molecule has 112 valence electrons. The average molecular weight is 291 g/mol. The first kappa shape index (κ1) is 14.5. The quantitative estimate of drug-likeness (QED) is 0.713. The predicted octanol–water partition coefficient (Wildman–Crippen LogP) is 3.77. The highest BCUT2D eigenvalue weighted by Crippen LogP contribution is 2.20. The fourth-order valence-electron chi connectivity index (χ4n) is 2.48. The number of hydrogen-bond donors (Lipinski definition) is 0. The fourth-order valence-corrected chi connectivity index (χ4v) is 2.48. The Morgan fingerprint density at radius 2 is 1.68 bits per heavy atom. The highest BCUT2D eigenvalue weighted by Gasteiger charge is 2.07. The van der Waals surface area contributed by atoms with Crippen molar-refractivity contribution in [2.24, 2.45) is 0 Å². The van der Waals surface area contributed by atoms with Crippen LogP contribution in [0.5, 0.6) is 0 Å². The molecule has 0 aliphatic rings. The first-order valence-corrected chi connectivity index (χ1v) is 7.57. The molecule has 0 radical (unpaired) electrons. The molecule has 0 saturated heterocycles. The van der Waals surface area contributed by atoms with Crippen molar-refractivity contribution >= 4 is 23.1 Å². The number of hydrogen-bond acceptors (Lipinski definition) is 2. The lowest BCUT2D eigenvalue weighted by Crippen LogP contribution is -2.18. The van der Waals surface area contributed by atoms with Gasteiger partial charge in [0, 0.05) is 11.9 Å². The van der Waals surface area contributed by atoms with Crippen LogP contribution < -0.4 is 0 Å². The molecule has 1 heterocycles. The Balaban J connectivity index is 1.94. The largest absolute Gasteiger partial charge is 0.308 e. The van der Waals surface area contributed by atoms with E-state index in [0.29, 0.717) is 0 Å². The van der Waals surface area contributed by atoms with Crippen LogP contribution in [0.1, 0.15) is 11.3 Å². The molecule has 0 aliphatic carbocycles. The van der Waals surface area contributed by atoms with Gasteiger partial charge < -0.3 is 4.90 Å². The van der Waals surface area contributed by atoms with E-state index < -0.39 is 0 Å². The lowest BCUT2D eigenvalue weighted by atomic mass is 10.1. The third-order valence-corrected chi connectivity index (χ3v) is 3.68. The number of rotatable bonds is 5. The Morgan fingerprint density at radius 1 is 0.955 bits per heavy atom. The monoisotopic (exact) mass is 291 g/mol. The van der Waals surface area contributed by atoms with Crippen LogP contribution in [-0.2, 0) is 6.54 Å². The minimum Gasteiger partial charge on any atom is -0.308 e. The van der Waals surface area contributed by atoms with E-state index in [1.807, 2.05) is 18.2 Å². The number of nitrogens with zero attached hydrogens (tertiary/aromatic N) is 3. The van der Waals surface area contributed by atoms with Gasteiger partial charge in [0.1, 0.15) is 0 Å². The van der Waals surface area contributed by atoms with Gasteiger partial charge in [-0.1, -0.05) is 54.6 Å². The van der Waals surface area contributed by atoms with Crippen molar-refractivity contribution in [1.29, 1.82) is 0 Å². The van der Waals surface area contributed by atoms with Crippen molar-refractivity contribution in [1.82, 2.24) is 14.7 Å². The van der Waals surface area contributed by atoms with Crippen LogP contribution in [0.25, 0.3) is 23.1 Å². The van der Waals surface area contributed by atoms with Crippen LogP contribution in [0.15, 0.2) is 54.6 Å². The number of likely N-dealkylation sites (N-methyl/N-ethyl adjacent to an activating group) is 1. The van der Waals surface area contributed by atoms with Gasteiger partial charge in [0.05, 0.1) is 17.8 Å². The van der Waals surface area contributed by atoms with E-state index >= 15 is 0 Å². The third kappa shape index (κ3) is 3.26. The van der Waals surface area contributed by atoms with E-state index in [9.17, 15) is 0 Å². The van der Waals surface area contributed by atoms with Crippen molar-refractivity contribution < 1.29 is 0 Å². The summed E-state index contributed by atoms with van der Waals surface area (Å²) >= 11 is 0. The number of fused-ring (bicyclic) bond motifs is 1. The Bertz CT molecular complexity index is 770. The van der Waals surface area contributed by atoms with Crippen molar-refractivity contribution in [2.45, 2.75) is 6.54 Å². The topological polar surface area (TPSA) is 21.1 Å². The normalized spacial score (nSPS) is 11.8. The SMILES string of the molecule is CN(C)CCn1nc(C=Cc2ccccc2)c2ccccc21. The maximum atomic E-state index is 4.78. The second kappa shape index (κ2) is 6.58. The zero-order valence-corrected chi connectivity index (χ0v) is 13.1. The van der Waals surface area contributed by atoms with Gasteiger partial charge in [-0.15, -0.1) is 0 Å². The zero-order chi connectivity index (χ0) is 15.4. The molecule has 3 nitrogen and oxygen atoms in total. The highest BCUT2D eigenvalue weighted by molar-refractivity contribution is 5.89. The fraction of sp³-hybridized carbons (Fsp3) is 0.211. The lowest BCUT2D eigenvalue weighted by Gasteiger charge is -2.09. The molecule has 0 aliphatic heterocycles. The van der Waals surface area contributed by atoms with Crippen LogP contribution in [0, 0.1) is 0 Å². The van der Waals surface area contributed by atoms with E-state index in [2.05, 4.69) is 72.2 Å². The van der Waals surface area contributed by atoms with E-state index in [0.717, 1.165) is 18.8 Å². The summed E-state index contributed by atoms with van der Waals surface area (Å²) in [6, 6.07) is 18.7. The summed E-state index contributed by atoms with van der Waals surface area (Å²) in [5, 5.41) is 5.98. The molecular weight excluding hydrogens is 270 g/mol. The molecule has 3 rings (SSSR count). The molecule has 3 heteroatoms. The van der Waals surface area contributed by atoms with Gasteiger partial charge in [0.25, 0.3) is 0 Å². The number of benzene rings is 2. The van der Waals surface area contributed by atoms with Gasteiger partial charge in [0.2, 0.25) is 0 Å². The van der Waals surface area contributed by atoms with E-state index in [4.69, 9.17) is 5.10 Å². The highest BCUT2D eigenvalue weighted by atomic mass is 15.3. The first-order chi connectivity index (χ1) is 10.7. The van der Waals surface area contributed by atoms with Gasteiger partial charge in [-0.05, 0) is 31.8 Å². The minimum absolute atomic E-state index is 0.896. The Morgan fingerprint density at radius 3 is 2.45 bits per heavy atom. The van der Waals surface area contributed by atoms with Crippen molar-refractivity contribution in [3.63, 3.8) is 0 Å². The van der Waals surface area contributed by atoms with Crippen molar-refractivity contribution in [3.05, 3.63) is 65.9 Å². The molecule has 0 N–H and O–H groups in total. The summed E-state index contributed by atoms with van der Waals surface area (Å²) < 4.78 is 2.10. The summed E-state index contributed by atoms with van der Waals surface area (Å²) in [4.78, 5) is 2.18. The molecule has 2 aromatic carbocycles. The maximum absolute atomic E-state index is 4.78.